The summed E-state index contributed by atoms with van der Waals surface area (Å²) in [6.45, 7) is 0. The number of methoxy groups -OCH3 is 1. The van der Waals surface area contributed by atoms with Gasteiger partial charge < -0.3 is 14.0 Å². The Hall–Kier alpha value is -3.75. The zero-order chi connectivity index (χ0) is 17.8. The van der Waals surface area contributed by atoms with E-state index in [9.17, 15) is 14.9 Å². The molecular weight excluding hydrogens is 328 g/mol. The lowest BCUT2D eigenvalue weighted by molar-refractivity contribution is -0.386. The van der Waals surface area contributed by atoms with Crippen molar-refractivity contribution in [2.45, 2.75) is 0 Å². The number of aromatic nitrogens is 3. The molecule has 0 aliphatic rings. The number of nitrogens with zero attached hydrogens (tertiary/aromatic N) is 4. The highest BCUT2D eigenvalue weighted by Gasteiger charge is 2.21. The van der Waals surface area contributed by atoms with Gasteiger partial charge in [0, 0.05) is 30.7 Å². The molecule has 0 atom stereocenters. The molecule has 0 aliphatic carbocycles. The van der Waals surface area contributed by atoms with Crippen LogP contribution in [-0.2, 0) is 4.74 Å². The van der Waals surface area contributed by atoms with Crippen LogP contribution in [0.2, 0.25) is 0 Å². The van der Waals surface area contributed by atoms with Crippen LogP contribution in [0.3, 0.4) is 0 Å². The smallest absolute Gasteiger partial charge is 0.339 e. The van der Waals surface area contributed by atoms with Gasteiger partial charge in [-0.2, -0.15) is 0 Å². The number of ether oxygens (including phenoxy) is 2. The van der Waals surface area contributed by atoms with E-state index < -0.39 is 16.6 Å². The van der Waals surface area contributed by atoms with E-state index in [1.165, 1.54) is 7.11 Å². The fourth-order valence-corrected chi connectivity index (χ4v) is 2.11. The lowest BCUT2D eigenvalue weighted by Crippen LogP contribution is -2.04. The highest BCUT2D eigenvalue weighted by molar-refractivity contribution is 5.89. The van der Waals surface area contributed by atoms with Gasteiger partial charge in [-0.1, -0.05) is 6.07 Å². The summed E-state index contributed by atoms with van der Waals surface area (Å²) in [6, 6.07) is 7.95. The number of rotatable bonds is 5. The van der Waals surface area contributed by atoms with E-state index in [0.717, 1.165) is 18.0 Å². The van der Waals surface area contributed by atoms with Gasteiger partial charge in [-0.25, -0.2) is 14.8 Å². The highest BCUT2D eigenvalue weighted by atomic mass is 16.6. The predicted octanol–water partition coefficient (Wildman–Crippen LogP) is 2.75. The van der Waals surface area contributed by atoms with E-state index >= 15 is 0 Å². The van der Waals surface area contributed by atoms with E-state index in [2.05, 4.69) is 14.7 Å². The molecule has 2 aromatic heterocycles. The van der Waals surface area contributed by atoms with Crippen LogP contribution in [-0.4, -0.2) is 32.5 Å². The number of esters is 1. The molecule has 0 radical (unpaired) electrons. The van der Waals surface area contributed by atoms with Gasteiger partial charge in [0.1, 0.15) is 5.75 Å². The van der Waals surface area contributed by atoms with Gasteiger partial charge >= 0.3 is 11.7 Å². The quantitative estimate of drug-likeness (QED) is 0.399. The molecule has 0 unspecified atom stereocenters. The first kappa shape index (κ1) is 16.1. The van der Waals surface area contributed by atoms with E-state index in [4.69, 9.17) is 4.74 Å². The van der Waals surface area contributed by atoms with Crippen molar-refractivity contribution >= 4 is 11.7 Å². The van der Waals surface area contributed by atoms with Crippen LogP contribution in [0.5, 0.6) is 11.6 Å². The van der Waals surface area contributed by atoms with Gasteiger partial charge in [0.2, 0.25) is 0 Å². The standard InChI is InChI=1S/C16H12N4O5/c1-24-16(21)11-7-14(20(22)23)15(18-9-11)25-13-4-2-3-12(8-13)19-6-5-17-10-19/h2-10H,1H3. The van der Waals surface area contributed by atoms with Crippen LogP contribution in [0.4, 0.5) is 5.69 Å². The van der Waals surface area contributed by atoms with E-state index in [-0.39, 0.29) is 11.4 Å². The minimum Gasteiger partial charge on any atom is -0.465 e. The molecular formula is C16H12N4O5. The molecule has 0 amide bonds. The number of carbonyl (C=O) groups excluding carboxylic acids is 1. The first-order valence-corrected chi connectivity index (χ1v) is 7.07. The minimum atomic E-state index is -0.718. The van der Waals surface area contributed by atoms with Crippen molar-refractivity contribution in [3.8, 4) is 17.3 Å². The third-order valence-corrected chi connectivity index (χ3v) is 3.28. The van der Waals surface area contributed by atoms with E-state index in [1.807, 2.05) is 6.07 Å². The number of carbonyl (C=O) groups is 1. The fourth-order valence-electron chi connectivity index (χ4n) is 2.11. The topological polar surface area (TPSA) is 109 Å². The van der Waals surface area contributed by atoms with Crippen molar-refractivity contribution in [3.63, 3.8) is 0 Å². The van der Waals surface area contributed by atoms with Crippen LogP contribution in [0.1, 0.15) is 10.4 Å². The monoisotopic (exact) mass is 340 g/mol. The number of hydrogen-bond donors (Lipinski definition) is 0. The van der Waals surface area contributed by atoms with Crippen molar-refractivity contribution in [2.75, 3.05) is 7.11 Å². The first-order chi connectivity index (χ1) is 12.1. The normalized spacial score (nSPS) is 10.3. The largest absolute Gasteiger partial charge is 0.465 e. The summed E-state index contributed by atoms with van der Waals surface area (Å²) in [5.41, 5.74) is 0.300. The summed E-state index contributed by atoms with van der Waals surface area (Å²) in [7, 11) is 1.18. The molecule has 9 nitrogen and oxygen atoms in total. The number of hydrogen-bond acceptors (Lipinski definition) is 7. The molecule has 3 aromatic rings. The van der Waals surface area contributed by atoms with Gasteiger partial charge in [-0.15, -0.1) is 0 Å². The molecule has 0 saturated heterocycles. The van der Waals surface area contributed by atoms with Gasteiger partial charge in [0.25, 0.3) is 5.88 Å². The van der Waals surface area contributed by atoms with Crippen molar-refractivity contribution in [3.05, 3.63) is 70.9 Å². The molecule has 0 saturated carbocycles. The molecule has 0 fully saturated rings. The molecule has 2 heterocycles. The van der Waals surface area contributed by atoms with Crippen LogP contribution < -0.4 is 4.74 Å². The Balaban J connectivity index is 1.94. The molecule has 126 valence electrons. The summed E-state index contributed by atoms with van der Waals surface area (Å²) in [4.78, 5) is 29.9. The fraction of sp³-hybridized carbons (Fsp3) is 0.0625. The van der Waals surface area contributed by atoms with Crippen molar-refractivity contribution in [1.29, 1.82) is 0 Å². The maximum Gasteiger partial charge on any atom is 0.339 e. The van der Waals surface area contributed by atoms with Gasteiger partial charge in [0.05, 0.1) is 29.6 Å². The third-order valence-electron chi connectivity index (χ3n) is 3.28. The summed E-state index contributed by atoms with van der Waals surface area (Å²) < 4.78 is 11.8. The molecule has 9 heteroatoms. The van der Waals surface area contributed by atoms with E-state index in [1.54, 1.807) is 41.5 Å². The van der Waals surface area contributed by atoms with Gasteiger partial charge in [-0.05, 0) is 12.1 Å². The zero-order valence-electron chi connectivity index (χ0n) is 13.0. The number of imidazole rings is 1. The van der Waals surface area contributed by atoms with Gasteiger partial charge in [-0.3, -0.25) is 10.1 Å². The Bertz CT molecular complexity index is 924. The summed E-state index contributed by atoms with van der Waals surface area (Å²) in [6.07, 6.45) is 6.16. The highest BCUT2D eigenvalue weighted by Crippen LogP contribution is 2.30. The van der Waals surface area contributed by atoms with Crippen LogP contribution in [0, 0.1) is 10.1 Å². The second kappa shape index (κ2) is 6.79. The second-order valence-electron chi connectivity index (χ2n) is 4.87. The summed E-state index contributed by atoms with van der Waals surface area (Å²) >= 11 is 0. The number of pyridine rings is 1. The molecule has 0 N–H and O–H groups in total. The lowest BCUT2D eigenvalue weighted by atomic mass is 10.2. The van der Waals surface area contributed by atoms with Crippen molar-refractivity contribution in [1.82, 2.24) is 14.5 Å². The van der Waals surface area contributed by atoms with Crippen LogP contribution in [0.25, 0.3) is 5.69 Å². The lowest BCUT2D eigenvalue weighted by Gasteiger charge is -2.08. The average Bonchev–Trinajstić information content (AvgIpc) is 3.16. The maximum atomic E-state index is 11.5. The SMILES string of the molecule is COC(=O)c1cnc(Oc2cccc(-n3ccnc3)c2)c([N+](=O)[O-])c1. The van der Waals surface area contributed by atoms with Crippen molar-refractivity contribution < 1.29 is 19.2 Å². The third kappa shape index (κ3) is 3.44. The number of nitro groups is 1. The summed E-state index contributed by atoms with van der Waals surface area (Å²) in [5, 5.41) is 11.2. The first-order valence-electron chi connectivity index (χ1n) is 7.07. The number of benzene rings is 1. The minimum absolute atomic E-state index is 0.0336. The summed E-state index contributed by atoms with van der Waals surface area (Å²) in [5.74, 6) is -0.586. The Kier molecular flexibility index (Phi) is 4.38. The average molecular weight is 340 g/mol. The Morgan fingerprint density at radius 2 is 2.16 bits per heavy atom. The molecule has 3 rings (SSSR count). The maximum absolute atomic E-state index is 11.5. The predicted molar refractivity (Wildman–Crippen MR) is 85.9 cm³/mol. The van der Waals surface area contributed by atoms with Crippen LogP contribution in [0.15, 0.2) is 55.2 Å². The molecule has 1 aromatic carbocycles. The molecule has 0 bridgehead atoms. The Morgan fingerprint density at radius 1 is 1.32 bits per heavy atom. The van der Waals surface area contributed by atoms with Gasteiger partial charge in [0.15, 0.2) is 0 Å². The molecule has 25 heavy (non-hydrogen) atoms. The van der Waals surface area contributed by atoms with E-state index in [0.29, 0.717) is 5.75 Å². The Labute approximate surface area is 141 Å². The molecule has 0 aliphatic heterocycles. The zero-order valence-corrected chi connectivity index (χ0v) is 13.0. The molecule has 0 spiro atoms. The Morgan fingerprint density at radius 3 is 2.84 bits per heavy atom. The van der Waals surface area contributed by atoms with Crippen LogP contribution >= 0.6 is 0 Å². The second-order valence-corrected chi connectivity index (χ2v) is 4.87. The van der Waals surface area contributed by atoms with Crippen molar-refractivity contribution in [2.24, 2.45) is 0 Å².